The van der Waals surface area contributed by atoms with Crippen molar-refractivity contribution in [1.29, 1.82) is 5.26 Å². The Morgan fingerprint density at radius 3 is 2.82 bits per heavy atom. The first-order valence-corrected chi connectivity index (χ1v) is 5.50. The Morgan fingerprint density at radius 2 is 2.35 bits per heavy atom. The van der Waals surface area contributed by atoms with Gasteiger partial charge in [0.2, 0.25) is 0 Å². The van der Waals surface area contributed by atoms with Gasteiger partial charge < -0.3 is 10.4 Å². The summed E-state index contributed by atoms with van der Waals surface area (Å²) in [5.74, 6) is 1.29. The first-order chi connectivity index (χ1) is 8.08. The largest absolute Gasteiger partial charge is 0.480 e. The van der Waals surface area contributed by atoms with Gasteiger partial charge in [0.05, 0.1) is 5.56 Å². The second-order valence-electron chi connectivity index (χ2n) is 3.25. The highest BCUT2D eigenvalue weighted by Gasteiger charge is 2.15. The summed E-state index contributed by atoms with van der Waals surface area (Å²) in [6, 6.07) is 6.04. The summed E-state index contributed by atoms with van der Waals surface area (Å²) in [6.45, 7) is 0. The molecule has 1 unspecified atom stereocenters. The lowest BCUT2D eigenvalue weighted by molar-refractivity contribution is -0.137. The van der Waals surface area contributed by atoms with E-state index in [2.05, 4.69) is 27.2 Å². The van der Waals surface area contributed by atoms with Crippen LogP contribution in [0.1, 0.15) is 12.0 Å². The van der Waals surface area contributed by atoms with Crippen LogP contribution in [0.2, 0.25) is 0 Å². The minimum atomic E-state index is -1.01. The molecule has 2 N–H and O–H groups in total. The number of aliphatic carboxylic acids is 1. The summed E-state index contributed by atoms with van der Waals surface area (Å²) in [5.41, 5.74) is 1.08. The van der Waals surface area contributed by atoms with E-state index in [1.54, 1.807) is 18.2 Å². The van der Waals surface area contributed by atoms with Crippen LogP contribution in [0.4, 0.5) is 5.69 Å². The number of anilines is 1. The van der Waals surface area contributed by atoms with Gasteiger partial charge in [-0.15, -0.1) is 12.3 Å². The Kier molecular flexibility index (Phi) is 4.56. The van der Waals surface area contributed by atoms with E-state index in [4.69, 9.17) is 16.8 Å². The molecule has 0 aliphatic carbocycles. The first-order valence-electron chi connectivity index (χ1n) is 4.71. The third kappa shape index (κ3) is 3.51. The molecule has 17 heavy (non-hydrogen) atoms. The van der Waals surface area contributed by atoms with Crippen LogP contribution in [-0.4, -0.2) is 17.1 Å². The van der Waals surface area contributed by atoms with E-state index in [1.807, 2.05) is 6.07 Å². The zero-order valence-corrected chi connectivity index (χ0v) is 10.4. The minimum absolute atomic E-state index is 0.0902. The van der Waals surface area contributed by atoms with E-state index in [0.717, 1.165) is 0 Å². The molecular formula is C12H9BrN2O2. The number of hydrogen-bond donors (Lipinski definition) is 2. The molecule has 0 saturated carbocycles. The van der Waals surface area contributed by atoms with Crippen LogP contribution in [0, 0.1) is 23.7 Å². The Morgan fingerprint density at radius 1 is 1.65 bits per heavy atom. The van der Waals surface area contributed by atoms with E-state index in [-0.39, 0.29) is 6.42 Å². The monoisotopic (exact) mass is 292 g/mol. The molecule has 0 aliphatic rings. The van der Waals surface area contributed by atoms with Crippen LogP contribution in [0.3, 0.4) is 0 Å². The van der Waals surface area contributed by atoms with Crippen LogP contribution < -0.4 is 5.32 Å². The van der Waals surface area contributed by atoms with Gasteiger partial charge in [-0.3, -0.25) is 0 Å². The number of benzene rings is 1. The highest BCUT2D eigenvalue weighted by atomic mass is 79.9. The Balaban J connectivity index is 2.88. The number of nitrogens with zero attached hydrogens (tertiary/aromatic N) is 1. The molecule has 0 heterocycles. The van der Waals surface area contributed by atoms with Crippen LogP contribution in [0.5, 0.6) is 0 Å². The van der Waals surface area contributed by atoms with Gasteiger partial charge in [-0.05, 0) is 34.1 Å². The third-order valence-electron chi connectivity index (χ3n) is 2.05. The second-order valence-corrected chi connectivity index (χ2v) is 4.10. The summed E-state index contributed by atoms with van der Waals surface area (Å²) in [6.07, 6.45) is 5.18. The van der Waals surface area contributed by atoms with Crippen molar-refractivity contribution in [1.82, 2.24) is 0 Å². The zero-order valence-electron chi connectivity index (χ0n) is 8.77. The fourth-order valence-electron chi connectivity index (χ4n) is 1.21. The second kappa shape index (κ2) is 5.93. The summed E-state index contributed by atoms with van der Waals surface area (Å²) in [4.78, 5) is 10.9. The molecule has 4 nitrogen and oxygen atoms in total. The highest BCUT2D eigenvalue weighted by molar-refractivity contribution is 9.10. The van der Waals surface area contributed by atoms with Crippen molar-refractivity contribution >= 4 is 27.6 Å². The van der Waals surface area contributed by atoms with Crippen molar-refractivity contribution in [3.05, 3.63) is 28.2 Å². The molecule has 0 radical (unpaired) electrons. The quantitative estimate of drug-likeness (QED) is 0.835. The molecule has 1 aromatic carbocycles. The van der Waals surface area contributed by atoms with Crippen molar-refractivity contribution in [3.8, 4) is 18.4 Å². The molecule has 0 saturated heterocycles. The SMILES string of the molecule is C#CCC(Nc1ccc(C#N)c(Br)c1)C(=O)O. The zero-order chi connectivity index (χ0) is 12.8. The van der Waals surface area contributed by atoms with Gasteiger partial charge in [-0.2, -0.15) is 5.26 Å². The van der Waals surface area contributed by atoms with Crippen LogP contribution >= 0.6 is 15.9 Å². The molecular weight excluding hydrogens is 284 g/mol. The third-order valence-corrected chi connectivity index (χ3v) is 2.71. The molecule has 5 heteroatoms. The number of hydrogen-bond acceptors (Lipinski definition) is 3. The lowest BCUT2D eigenvalue weighted by atomic mass is 10.1. The van der Waals surface area contributed by atoms with Crippen molar-refractivity contribution in [3.63, 3.8) is 0 Å². The lowest BCUT2D eigenvalue weighted by Gasteiger charge is -2.13. The maximum absolute atomic E-state index is 10.9. The lowest BCUT2D eigenvalue weighted by Crippen LogP contribution is -2.28. The Hall–Kier alpha value is -1.98. The molecule has 0 amide bonds. The van der Waals surface area contributed by atoms with Crippen LogP contribution in [-0.2, 0) is 4.79 Å². The average molecular weight is 293 g/mol. The van der Waals surface area contributed by atoms with Gasteiger partial charge in [-0.25, -0.2) is 4.79 Å². The normalized spacial score (nSPS) is 11.0. The number of carboxylic acids is 1. The predicted octanol–water partition coefficient (Wildman–Crippen LogP) is 2.21. The van der Waals surface area contributed by atoms with Crippen LogP contribution in [0.25, 0.3) is 0 Å². The van der Waals surface area contributed by atoms with E-state index < -0.39 is 12.0 Å². The van der Waals surface area contributed by atoms with E-state index >= 15 is 0 Å². The number of carbonyl (C=O) groups is 1. The van der Waals surface area contributed by atoms with Crippen molar-refractivity contribution in [2.75, 3.05) is 5.32 Å². The van der Waals surface area contributed by atoms with E-state index in [9.17, 15) is 4.79 Å². The minimum Gasteiger partial charge on any atom is -0.480 e. The topological polar surface area (TPSA) is 73.1 Å². The molecule has 0 spiro atoms. The fourth-order valence-corrected chi connectivity index (χ4v) is 1.68. The number of rotatable bonds is 4. The molecule has 0 aliphatic heterocycles. The van der Waals surface area contributed by atoms with Gasteiger partial charge in [0, 0.05) is 16.6 Å². The maximum Gasteiger partial charge on any atom is 0.327 e. The molecule has 0 aromatic heterocycles. The van der Waals surface area contributed by atoms with Gasteiger partial charge in [0.15, 0.2) is 0 Å². The Labute approximate surface area is 107 Å². The molecule has 86 valence electrons. The van der Waals surface area contributed by atoms with Gasteiger partial charge in [-0.1, -0.05) is 0 Å². The van der Waals surface area contributed by atoms with Crippen molar-refractivity contribution in [2.24, 2.45) is 0 Å². The summed E-state index contributed by atoms with van der Waals surface area (Å²) < 4.78 is 0.606. The van der Waals surface area contributed by atoms with Gasteiger partial charge >= 0.3 is 5.97 Å². The van der Waals surface area contributed by atoms with E-state index in [0.29, 0.717) is 15.7 Å². The molecule has 0 fully saturated rings. The van der Waals surface area contributed by atoms with Gasteiger partial charge in [0.1, 0.15) is 12.1 Å². The summed E-state index contributed by atoms with van der Waals surface area (Å²) in [7, 11) is 0. The maximum atomic E-state index is 10.9. The van der Waals surface area contributed by atoms with Crippen molar-refractivity contribution < 1.29 is 9.90 Å². The molecule has 1 rings (SSSR count). The number of carboxylic acid groups (broad SMARTS) is 1. The molecule has 1 atom stereocenters. The highest BCUT2D eigenvalue weighted by Crippen LogP contribution is 2.21. The number of halogens is 1. The number of nitriles is 1. The number of terminal acetylenes is 1. The first kappa shape index (κ1) is 13.1. The van der Waals surface area contributed by atoms with E-state index in [1.165, 1.54) is 0 Å². The Bertz CT molecular complexity index is 514. The smallest absolute Gasteiger partial charge is 0.327 e. The fraction of sp³-hybridized carbons (Fsp3) is 0.167. The number of nitrogens with one attached hydrogen (secondary N) is 1. The standard InChI is InChI=1S/C12H9BrN2O2/c1-2-3-11(12(16)17)15-9-5-4-8(7-14)10(13)6-9/h1,4-6,11,15H,3H2,(H,16,17). The van der Waals surface area contributed by atoms with Crippen molar-refractivity contribution in [2.45, 2.75) is 12.5 Å². The summed E-state index contributed by atoms with van der Waals surface area (Å²) in [5, 5.41) is 20.4. The van der Waals surface area contributed by atoms with Crippen LogP contribution in [0.15, 0.2) is 22.7 Å². The summed E-state index contributed by atoms with van der Waals surface area (Å²) >= 11 is 3.22. The molecule has 1 aromatic rings. The van der Waals surface area contributed by atoms with Gasteiger partial charge in [0.25, 0.3) is 0 Å². The molecule has 0 bridgehead atoms. The predicted molar refractivity (Wildman–Crippen MR) is 67.4 cm³/mol. The average Bonchev–Trinajstić information content (AvgIpc) is 2.28.